The second-order valence-electron chi connectivity index (χ2n) is 9.97. The standard InChI is InChI=1S/C25H38NO2P/c1-24(2,3)19-14-20(25(4,5)6)23(28-17-27-9)22(15-19)29-21-13-11-10-12-18(21)16-26(7)8/h10-15,29H,16-17H2,1-9H3. The predicted octanol–water partition coefficient (Wildman–Crippen LogP) is 4.96. The molecule has 0 aliphatic carbocycles. The highest BCUT2D eigenvalue weighted by Gasteiger charge is 2.26. The number of ether oxygens (including phenoxy) is 2. The van der Waals surface area contributed by atoms with Crippen LogP contribution in [0.3, 0.4) is 0 Å². The molecule has 0 amide bonds. The van der Waals surface area contributed by atoms with Crippen LogP contribution in [0.4, 0.5) is 0 Å². The van der Waals surface area contributed by atoms with E-state index in [9.17, 15) is 0 Å². The zero-order valence-electron chi connectivity index (χ0n) is 19.6. The van der Waals surface area contributed by atoms with Gasteiger partial charge in [0.05, 0.1) is 0 Å². The second-order valence-corrected chi connectivity index (χ2v) is 11.3. The van der Waals surface area contributed by atoms with E-state index in [2.05, 4.69) is 96.9 Å². The van der Waals surface area contributed by atoms with Crippen molar-refractivity contribution in [2.45, 2.75) is 58.9 Å². The van der Waals surface area contributed by atoms with Gasteiger partial charge in [-0.05, 0) is 47.4 Å². The third-order valence-corrected chi connectivity index (χ3v) is 6.26. The molecule has 0 saturated heterocycles. The van der Waals surface area contributed by atoms with Gasteiger partial charge >= 0.3 is 0 Å². The van der Waals surface area contributed by atoms with Crippen molar-refractivity contribution in [2.75, 3.05) is 28.0 Å². The van der Waals surface area contributed by atoms with E-state index >= 15 is 0 Å². The van der Waals surface area contributed by atoms with Crippen molar-refractivity contribution in [3.05, 3.63) is 53.1 Å². The van der Waals surface area contributed by atoms with Crippen molar-refractivity contribution in [2.24, 2.45) is 0 Å². The lowest BCUT2D eigenvalue weighted by molar-refractivity contribution is 0.0506. The second kappa shape index (κ2) is 9.60. The normalized spacial score (nSPS) is 12.9. The number of hydrogen-bond donors (Lipinski definition) is 0. The molecule has 1 unspecified atom stereocenters. The largest absolute Gasteiger partial charge is 0.467 e. The van der Waals surface area contributed by atoms with Gasteiger partial charge < -0.3 is 14.4 Å². The molecule has 0 aromatic heterocycles. The molecule has 0 fully saturated rings. The van der Waals surface area contributed by atoms with Gasteiger partial charge in [-0.3, -0.25) is 0 Å². The van der Waals surface area contributed by atoms with Crippen LogP contribution in [0.5, 0.6) is 5.75 Å². The Balaban J connectivity index is 2.65. The SMILES string of the molecule is COCOc1c(Pc2ccccc2CN(C)C)cc(C(C)(C)C)cc1C(C)(C)C. The predicted molar refractivity (Wildman–Crippen MR) is 128 cm³/mol. The van der Waals surface area contributed by atoms with Gasteiger partial charge in [-0.15, -0.1) is 0 Å². The minimum absolute atomic E-state index is 0.0211. The number of nitrogens with zero attached hydrogens (tertiary/aromatic N) is 1. The lowest BCUT2D eigenvalue weighted by Gasteiger charge is -2.29. The molecule has 0 heterocycles. The van der Waals surface area contributed by atoms with Crippen LogP contribution in [0, 0.1) is 0 Å². The highest BCUT2D eigenvalue weighted by molar-refractivity contribution is 7.55. The maximum atomic E-state index is 6.18. The summed E-state index contributed by atoms with van der Waals surface area (Å²) in [6.07, 6.45) is 0. The first kappa shape index (κ1) is 23.9. The Kier molecular flexibility index (Phi) is 7.90. The Bertz CT molecular complexity index is 817. The van der Waals surface area contributed by atoms with Crippen molar-refractivity contribution in [1.82, 2.24) is 4.90 Å². The van der Waals surface area contributed by atoms with E-state index < -0.39 is 0 Å². The zero-order valence-corrected chi connectivity index (χ0v) is 20.6. The highest BCUT2D eigenvalue weighted by atomic mass is 31.1. The quantitative estimate of drug-likeness (QED) is 0.472. The summed E-state index contributed by atoms with van der Waals surface area (Å²) >= 11 is 0. The number of methoxy groups -OCH3 is 1. The Hall–Kier alpha value is -1.41. The van der Waals surface area contributed by atoms with Gasteiger partial charge in [0.25, 0.3) is 0 Å². The fourth-order valence-electron chi connectivity index (χ4n) is 3.25. The van der Waals surface area contributed by atoms with E-state index in [0.29, 0.717) is 8.58 Å². The van der Waals surface area contributed by atoms with Crippen LogP contribution in [-0.4, -0.2) is 32.9 Å². The van der Waals surface area contributed by atoms with E-state index in [1.54, 1.807) is 7.11 Å². The molecular formula is C25H38NO2P. The van der Waals surface area contributed by atoms with Crippen molar-refractivity contribution in [3.63, 3.8) is 0 Å². The molecule has 29 heavy (non-hydrogen) atoms. The number of benzene rings is 2. The van der Waals surface area contributed by atoms with Crippen LogP contribution in [0.25, 0.3) is 0 Å². The van der Waals surface area contributed by atoms with Crippen LogP contribution >= 0.6 is 8.58 Å². The van der Waals surface area contributed by atoms with Gasteiger partial charge in [0, 0.05) is 24.5 Å². The fraction of sp³-hybridized carbons (Fsp3) is 0.520. The molecule has 1 atom stereocenters. The molecule has 0 N–H and O–H groups in total. The molecule has 0 spiro atoms. The van der Waals surface area contributed by atoms with E-state index in [4.69, 9.17) is 9.47 Å². The Morgan fingerprint density at radius 2 is 1.55 bits per heavy atom. The van der Waals surface area contributed by atoms with Gasteiger partial charge in [-0.2, -0.15) is 0 Å². The van der Waals surface area contributed by atoms with Gasteiger partial charge in [-0.1, -0.05) is 80.5 Å². The van der Waals surface area contributed by atoms with E-state index in [1.807, 2.05) is 0 Å². The summed E-state index contributed by atoms with van der Waals surface area (Å²) < 4.78 is 11.4. The van der Waals surface area contributed by atoms with Crippen LogP contribution in [-0.2, 0) is 22.1 Å². The van der Waals surface area contributed by atoms with Crippen LogP contribution in [0.1, 0.15) is 58.2 Å². The maximum absolute atomic E-state index is 6.18. The van der Waals surface area contributed by atoms with Crippen LogP contribution in [0.15, 0.2) is 36.4 Å². The molecule has 0 saturated carbocycles. The van der Waals surface area contributed by atoms with Gasteiger partial charge in [0.2, 0.25) is 0 Å². The third kappa shape index (κ3) is 6.54. The molecule has 2 rings (SSSR count). The first-order valence-electron chi connectivity index (χ1n) is 10.2. The van der Waals surface area contributed by atoms with Crippen molar-refractivity contribution in [3.8, 4) is 5.75 Å². The molecule has 2 aromatic rings. The molecule has 0 aliphatic rings. The average molecular weight is 416 g/mol. The molecule has 4 heteroatoms. The van der Waals surface area contributed by atoms with E-state index in [1.165, 1.54) is 27.3 Å². The van der Waals surface area contributed by atoms with Crippen molar-refractivity contribution >= 4 is 19.2 Å². The summed E-state index contributed by atoms with van der Waals surface area (Å²) in [7, 11) is 6.44. The lowest BCUT2D eigenvalue weighted by Crippen LogP contribution is -2.24. The van der Waals surface area contributed by atoms with Crippen LogP contribution < -0.4 is 15.3 Å². The Labute approximate surface area is 179 Å². The Morgan fingerprint density at radius 1 is 0.897 bits per heavy atom. The van der Waals surface area contributed by atoms with Gasteiger partial charge in [0.1, 0.15) is 5.75 Å². The summed E-state index contributed by atoms with van der Waals surface area (Å²) in [5, 5.41) is 2.62. The summed E-state index contributed by atoms with van der Waals surface area (Å²) in [5.74, 6) is 0.977. The van der Waals surface area contributed by atoms with Gasteiger partial charge in [0.15, 0.2) is 6.79 Å². The first-order chi connectivity index (χ1) is 13.4. The van der Waals surface area contributed by atoms with E-state index in [-0.39, 0.29) is 17.6 Å². The summed E-state index contributed by atoms with van der Waals surface area (Å²) in [5.41, 5.74) is 4.01. The minimum atomic E-state index is -0.0211. The molecular weight excluding hydrogens is 377 g/mol. The molecule has 2 aromatic carbocycles. The molecule has 160 valence electrons. The molecule has 0 bridgehead atoms. The van der Waals surface area contributed by atoms with Crippen LogP contribution in [0.2, 0.25) is 0 Å². The topological polar surface area (TPSA) is 21.7 Å². The van der Waals surface area contributed by atoms with Gasteiger partial charge in [-0.25, -0.2) is 0 Å². The minimum Gasteiger partial charge on any atom is -0.467 e. The third-order valence-electron chi connectivity index (χ3n) is 4.86. The lowest BCUT2D eigenvalue weighted by atomic mass is 9.80. The monoisotopic (exact) mass is 415 g/mol. The molecule has 0 radical (unpaired) electrons. The Morgan fingerprint density at radius 3 is 2.10 bits per heavy atom. The average Bonchev–Trinajstić information content (AvgIpc) is 2.59. The molecule has 0 aliphatic heterocycles. The fourth-order valence-corrected chi connectivity index (χ4v) is 4.59. The zero-order chi connectivity index (χ0) is 21.8. The van der Waals surface area contributed by atoms with Crippen molar-refractivity contribution < 1.29 is 9.47 Å². The van der Waals surface area contributed by atoms with E-state index in [0.717, 1.165) is 12.3 Å². The maximum Gasteiger partial charge on any atom is 0.188 e. The number of rotatable bonds is 7. The first-order valence-corrected chi connectivity index (χ1v) is 11.2. The smallest absolute Gasteiger partial charge is 0.188 e. The summed E-state index contributed by atoms with van der Waals surface area (Å²) in [6.45, 7) is 14.8. The summed E-state index contributed by atoms with van der Waals surface area (Å²) in [4.78, 5) is 2.22. The summed E-state index contributed by atoms with van der Waals surface area (Å²) in [6, 6.07) is 13.4. The highest BCUT2D eigenvalue weighted by Crippen LogP contribution is 2.37. The van der Waals surface area contributed by atoms with Crippen molar-refractivity contribution in [1.29, 1.82) is 0 Å². The molecule has 3 nitrogen and oxygen atoms in total. The number of hydrogen-bond acceptors (Lipinski definition) is 3.